The molecule has 2 rings (SSSR count). The van der Waals surface area contributed by atoms with E-state index in [4.69, 9.17) is 11.6 Å². The van der Waals surface area contributed by atoms with Gasteiger partial charge in [-0.3, -0.25) is 4.68 Å². The van der Waals surface area contributed by atoms with E-state index in [9.17, 15) is 0 Å². The van der Waals surface area contributed by atoms with Crippen LogP contribution in [0.2, 0.25) is 5.02 Å². The zero-order chi connectivity index (χ0) is 13.3. The molecule has 0 radical (unpaired) electrons. The molecule has 0 N–H and O–H groups in total. The third-order valence-corrected chi connectivity index (χ3v) is 3.52. The number of hydrogen-bond donors (Lipinski definition) is 0. The van der Waals surface area contributed by atoms with Gasteiger partial charge in [0.1, 0.15) is 5.82 Å². The minimum absolute atomic E-state index is 0.401. The summed E-state index contributed by atoms with van der Waals surface area (Å²) in [5.41, 5.74) is 1.99. The van der Waals surface area contributed by atoms with Gasteiger partial charge in [-0.2, -0.15) is 5.10 Å². The molecule has 0 saturated heterocycles. The van der Waals surface area contributed by atoms with Crippen LogP contribution in [0, 0.1) is 0 Å². The fraction of sp³-hybridized carbons (Fsp3) is 0.538. The summed E-state index contributed by atoms with van der Waals surface area (Å²) >= 11 is 6.36. The van der Waals surface area contributed by atoms with E-state index >= 15 is 0 Å². The molecule has 0 aliphatic rings. The summed E-state index contributed by atoms with van der Waals surface area (Å²) in [5, 5.41) is 5.22. The Balaban J connectivity index is 2.34. The number of imidazole rings is 1. The smallest absolute Gasteiger partial charge is 0.111 e. The molecule has 0 fully saturated rings. The topological polar surface area (TPSA) is 35.6 Å². The molecule has 0 aliphatic heterocycles. The summed E-state index contributed by atoms with van der Waals surface area (Å²) in [4.78, 5) is 4.39. The first-order valence-electron chi connectivity index (χ1n) is 6.25. The molecule has 0 unspecified atom stereocenters. The molecule has 98 valence electrons. The Kier molecular flexibility index (Phi) is 3.76. The Labute approximate surface area is 113 Å². The van der Waals surface area contributed by atoms with Crippen LogP contribution in [0.4, 0.5) is 0 Å². The Bertz CT molecular complexity index is 539. The van der Waals surface area contributed by atoms with Crippen molar-refractivity contribution in [2.75, 3.05) is 0 Å². The first-order valence-corrected chi connectivity index (χ1v) is 6.63. The maximum atomic E-state index is 6.36. The molecule has 0 aromatic carbocycles. The zero-order valence-corrected chi connectivity index (χ0v) is 12.1. The van der Waals surface area contributed by atoms with Crippen molar-refractivity contribution in [3.8, 4) is 0 Å². The van der Waals surface area contributed by atoms with E-state index < -0.39 is 0 Å². The van der Waals surface area contributed by atoms with Gasteiger partial charge in [0.15, 0.2) is 0 Å². The quantitative estimate of drug-likeness (QED) is 0.853. The summed E-state index contributed by atoms with van der Waals surface area (Å²) in [6.45, 7) is 7.06. The van der Waals surface area contributed by atoms with Crippen molar-refractivity contribution < 1.29 is 0 Å². The first-order chi connectivity index (χ1) is 8.54. The van der Waals surface area contributed by atoms with Gasteiger partial charge in [-0.05, 0) is 6.42 Å². The van der Waals surface area contributed by atoms with E-state index in [-0.39, 0.29) is 0 Å². The molecule has 0 spiro atoms. The minimum atomic E-state index is 0.401. The fourth-order valence-electron chi connectivity index (χ4n) is 2.11. The van der Waals surface area contributed by atoms with Crippen molar-refractivity contribution in [1.82, 2.24) is 19.3 Å². The van der Waals surface area contributed by atoms with Crippen molar-refractivity contribution >= 4 is 11.6 Å². The number of rotatable bonds is 4. The lowest BCUT2D eigenvalue weighted by Gasteiger charge is -2.10. The predicted octanol–water partition coefficient (Wildman–Crippen LogP) is 3.00. The van der Waals surface area contributed by atoms with Gasteiger partial charge in [0, 0.05) is 25.4 Å². The molecule has 0 bridgehead atoms. The molecular weight excluding hydrogens is 248 g/mol. The molecule has 4 nitrogen and oxygen atoms in total. The Morgan fingerprint density at radius 2 is 2.11 bits per heavy atom. The molecule has 0 amide bonds. The van der Waals surface area contributed by atoms with Crippen LogP contribution in [0.3, 0.4) is 0 Å². The number of hydrogen-bond acceptors (Lipinski definition) is 2. The maximum Gasteiger partial charge on any atom is 0.111 e. The molecular formula is C13H19ClN4. The molecule has 2 heterocycles. The largest absolute Gasteiger partial charge is 0.329 e. The lowest BCUT2D eigenvalue weighted by Crippen LogP contribution is -2.09. The second-order valence-corrected chi connectivity index (χ2v) is 5.13. The normalized spacial score (nSPS) is 11.4. The third kappa shape index (κ3) is 2.29. The molecule has 5 heteroatoms. The highest BCUT2D eigenvalue weighted by Gasteiger charge is 2.15. The van der Waals surface area contributed by atoms with Crippen molar-refractivity contribution in [2.24, 2.45) is 7.05 Å². The molecule has 2 aromatic rings. The van der Waals surface area contributed by atoms with Gasteiger partial charge >= 0.3 is 0 Å². The van der Waals surface area contributed by atoms with Crippen LogP contribution >= 0.6 is 11.6 Å². The van der Waals surface area contributed by atoms with Crippen molar-refractivity contribution in [2.45, 2.75) is 39.7 Å². The Hall–Kier alpha value is -1.29. The van der Waals surface area contributed by atoms with Crippen LogP contribution < -0.4 is 0 Å². The Morgan fingerprint density at radius 1 is 1.39 bits per heavy atom. The second-order valence-electron chi connectivity index (χ2n) is 4.75. The van der Waals surface area contributed by atoms with Crippen molar-refractivity contribution in [1.29, 1.82) is 0 Å². The van der Waals surface area contributed by atoms with Crippen LogP contribution in [0.15, 0.2) is 12.4 Å². The molecule has 0 saturated carbocycles. The minimum Gasteiger partial charge on any atom is -0.329 e. The van der Waals surface area contributed by atoms with Gasteiger partial charge in [0.25, 0.3) is 0 Å². The molecule has 2 aromatic heterocycles. The maximum absolute atomic E-state index is 6.36. The van der Waals surface area contributed by atoms with Gasteiger partial charge in [-0.15, -0.1) is 0 Å². The van der Waals surface area contributed by atoms with Crippen LogP contribution in [0.25, 0.3) is 0 Å². The summed E-state index contributed by atoms with van der Waals surface area (Å²) in [6, 6.07) is 0. The summed E-state index contributed by atoms with van der Waals surface area (Å²) < 4.78 is 4.00. The van der Waals surface area contributed by atoms with Gasteiger partial charge in [-0.25, -0.2) is 4.98 Å². The van der Waals surface area contributed by atoms with Gasteiger partial charge in [0.05, 0.1) is 23.0 Å². The number of aryl methyl sites for hydroxylation is 2. The van der Waals surface area contributed by atoms with Gasteiger partial charge in [0.2, 0.25) is 0 Å². The monoisotopic (exact) mass is 266 g/mol. The van der Waals surface area contributed by atoms with E-state index in [0.29, 0.717) is 5.92 Å². The molecule has 18 heavy (non-hydrogen) atoms. The average Bonchev–Trinajstić information content (AvgIpc) is 2.88. The molecule has 0 aliphatic carbocycles. The standard InChI is InChI=1S/C13H19ClN4/c1-5-10-12(14)11(17(4)16-10)8-18-7-6-15-13(18)9(2)3/h6-7,9H,5,8H2,1-4H3. The highest BCUT2D eigenvalue weighted by Crippen LogP contribution is 2.23. The average molecular weight is 267 g/mol. The number of aromatic nitrogens is 4. The molecule has 0 atom stereocenters. The van der Waals surface area contributed by atoms with Crippen LogP contribution in [-0.2, 0) is 20.0 Å². The van der Waals surface area contributed by atoms with E-state index in [1.165, 1.54) is 0 Å². The highest BCUT2D eigenvalue weighted by atomic mass is 35.5. The van der Waals surface area contributed by atoms with Crippen LogP contribution in [0.1, 0.15) is 43.9 Å². The van der Waals surface area contributed by atoms with E-state index in [2.05, 4.69) is 35.4 Å². The number of halogens is 1. The van der Waals surface area contributed by atoms with E-state index in [0.717, 1.165) is 35.2 Å². The highest BCUT2D eigenvalue weighted by molar-refractivity contribution is 6.31. The SMILES string of the molecule is CCc1nn(C)c(Cn2ccnc2C(C)C)c1Cl. The zero-order valence-electron chi connectivity index (χ0n) is 11.3. The van der Waals surface area contributed by atoms with E-state index in [1.54, 1.807) is 0 Å². The van der Waals surface area contributed by atoms with Crippen molar-refractivity contribution in [3.63, 3.8) is 0 Å². The predicted molar refractivity (Wildman–Crippen MR) is 73.0 cm³/mol. The lowest BCUT2D eigenvalue weighted by molar-refractivity contribution is 0.621. The van der Waals surface area contributed by atoms with Crippen LogP contribution in [0.5, 0.6) is 0 Å². The first kappa shape index (κ1) is 13.1. The van der Waals surface area contributed by atoms with Crippen molar-refractivity contribution in [3.05, 3.63) is 34.6 Å². The summed E-state index contributed by atoms with van der Waals surface area (Å²) in [5.74, 6) is 1.47. The fourth-order valence-corrected chi connectivity index (χ4v) is 2.46. The van der Waals surface area contributed by atoms with Gasteiger partial charge in [-0.1, -0.05) is 32.4 Å². The third-order valence-electron chi connectivity index (χ3n) is 3.09. The lowest BCUT2D eigenvalue weighted by atomic mass is 10.2. The van der Waals surface area contributed by atoms with E-state index in [1.807, 2.05) is 24.1 Å². The Morgan fingerprint density at radius 3 is 2.67 bits per heavy atom. The van der Waals surface area contributed by atoms with Crippen LogP contribution in [-0.4, -0.2) is 19.3 Å². The second kappa shape index (κ2) is 5.14. The number of nitrogens with zero attached hydrogens (tertiary/aromatic N) is 4. The summed E-state index contributed by atoms with van der Waals surface area (Å²) in [6.07, 6.45) is 4.68. The van der Waals surface area contributed by atoms with Gasteiger partial charge < -0.3 is 4.57 Å². The summed E-state index contributed by atoms with van der Waals surface area (Å²) in [7, 11) is 1.94.